The van der Waals surface area contributed by atoms with Gasteiger partial charge in [-0.1, -0.05) is 0 Å². The van der Waals surface area contributed by atoms with E-state index in [1.807, 2.05) is 0 Å². The van der Waals surface area contributed by atoms with Crippen molar-refractivity contribution >= 4 is 28.6 Å². The summed E-state index contributed by atoms with van der Waals surface area (Å²) < 4.78 is 36.9. The van der Waals surface area contributed by atoms with Crippen LogP contribution in [-0.2, 0) is 6.18 Å². The maximum absolute atomic E-state index is 12.3. The normalized spacial score (nSPS) is 11.3. The van der Waals surface area contributed by atoms with Crippen molar-refractivity contribution in [3.05, 3.63) is 40.3 Å². The number of carbonyl (C=O) groups excluding carboxylic acids is 1. The molecule has 3 N–H and O–H groups in total. The molecule has 2 rings (SSSR count). The van der Waals surface area contributed by atoms with E-state index >= 15 is 0 Å². The fraction of sp³-hybridized carbons (Fsp3) is 0.0909. The fourth-order valence-electron chi connectivity index (χ4n) is 1.33. The lowest BCUT2D eigenvalue weighted by Gasteiger charge is -2.07. The molecule has 0 unspecified atom stereocenters. The number of carbonyl (C=O) groups is 1. The Morgan fingerprint density at radius 1 is 1.32 bits per heavy atom. The van der Waals surface area contributed by atoms with Gasteiger partial charge in [-0.15, -0.1) is 11.3 Å². The Morgan fingerprint density at radius 2 is 2.05 bits per heavy atom. The number of nitrogens with two attached hydrogens (primary N) is 1. The first kappa shape index (κ1) is 13.3. The van der Waals surface area contributed by atoms with E-state index in [-0.39, 0.29) is 5.69 Å². The number of aromatic nitrogens is 1. The molecule has 19 heavy (non-hydrogen) atoms. The third-order valence-corrected chi connectivity index (χ3v) is 3.14. The highest BCUT2D eigenvalue weighted by Gasteiger charge is 2.32. The van der Waals surface area contributed by atoms with Crippen LogP contribution in [0.2, 0.25) is 0 Å². The molecule has 0 aliphatic carbocycles. The van der Waals surface area contributed by atoms with Crippen LogP contribution in [0.4, 0.5) is 24.5 Å². The van der Waals surface area contributed by atoms with Crippen molar-refractivity contribution in [2.24, 2.45) is 0 Å². The van der Waals surface area contributed by atoms with Gasteiger partial charge in [0.1, 0.15) is 10.6 Å². The van der Waals surface area contributed by atoms with E-state index in [1.54, 1.807) is 11.4 Å². The Balaban J connectivity index is 2.12. The number of pyridine rings is 1. The first-order chi connectivity index (χ1) is 8.88. The van der Waals surface area contributed by atoms with Gasteiger partial charge in [-0.25, -0.2) is 4.98 Å². The molecule has 0 aromatic carbocycles. The summed E-state index contributed by atoms with van der Waals surface area (Å²) in [6, 6.07) is 3.51. The van der Waals surface area contributed by atoms with E-state index < -0.39 is 17.8 Å². The number of anilines is 2. The summed E-state index contributed by atoms with van der Waals surface area (Å²) in [5, 5.41) is 4.07. The number of nitrogen functional groups attached to an aromatic ring is 1. The zero-order valence-electron chi connectivity index (χ0n) is 9.36. The van der Waals surface area contributed by atoms with Crippen LogP contribution in [0.25, 0.3) is 0 Å². The second-order valence-corrected chi connectivity index (χ2v) is 4.51. The molecule has 0 bridgehead atoms. The third-order valence-electron chi connectivity index (χ3n) is 2.21. The Bertz CT molecular complexity index is 592. The SMILES string of the molecule is Nc1ccsc1C(=O)Nc1ccc(C(F)(F)F)nc1. The lowest BCUT2D eigenvalue weighted by Crippen LogP contribution is -2.13. The summed E-state index contributed by atoms with van der Waals surface area (Å²) in [7, 11) is 0. The largest absolute Gasteiger partial charge is 0.433 e. The van der Waals surface area contributed by atoms with Crippen molar-refractivity contribution < 1.29 is 18.0 Å². The van der Waals surface area contributed by atoms with Crippen molar-refractivity contribution in [1.82, 2.24) is 4.98 Å². The second-order valence-electron chi connectivity index (χ2n) is 3.59. The quantitative estimate of drug-likeness (QED) is 0.892. The van der Waals surface area contributed by atoms with Crippen LogP contribution in [0.1, 0.15) is 15.4 Å². The highest BCUT2D eigenvalue weighted by atomic mass is 32.1. The average molecular weight is 287 g/mol. The maximum atomic E-state index is 12.3. The fourth-order valence-corrected chi connectivity index (χ4v) is 2.04. The lowest BCUT2D eigenvalue weighted by molar-refractivity contribution is -0.141. The van der Waals surface area contributed by atoms with Crippen LogP contribution in [0.15, 0.2) is 29.8 Å². The minimum Gasteiger partial charge on any atom is -0.397 e. The number of rotatable bonds is 2. The molecule has 0 radical (unpaired) electrons. The molecule has 0 aliphatic rings. The van der Waals surface area contributed by atoms with Crippen molar-refractivity contribution in [3.63, 3.8) is 0 Å². The molecule has 0 saturated carbocycles. The number of amides is 1. The van der Waals surface area contributed by atoms with Gasteiger partial charge in [0.05, 0.1) is 17.6 Å². The van der Waals surface area contributed by atoms with E-state index in [9.17, 15) is 18.0 Å². The molecule has 2 heterocycles. The molecule has 2 aromatic heterocycles. The monoisotopic (exact) mass is 287 g/mol. The molecule has 100 valence electrons. The zero-order chi connectivity index (χ0) is 14.0. The molecule has 4 nitrogen and oxygen atoms in total. The number of hydrogen-bond acceptors (Lipinski definition) is 4. The minimum atomic E-state index is -4.50. The molecule has 0 spiro atoms. The van der Waals surface area contributed by atoms with Gasteiger partial charge < -0.3 is 11.1 Å². The Kier molecular flexibility index (Phi) is 3.43. The lowest BCUT2D eigenvalue weighted by atomic mass is 10.3. The van der Waals surface area contributed by atoms with E-state index in [0.717, 1.165) is 29.7 Å². The van der Waals surface area contributed by atoms with E-state index in [0.29, 0.717) is 10.6 Å². The van der Waals surface area contributed by atoms with E-state index in [2.05, 4.69) is 10.3 Å². The van der Waals surface area contributed by atoms with Gasteiger partial charge in [0.2, 0.25) is 0 Å². The van der Waals surface area contributed by atoms with E-state index in [4.69, 9.17) is 5.73 Å². The summed E-state index contributed by atoms with van der Waals surface area (Å²) in [6.07, 6.45) is -3.55. The van der Waals surface area contributed by atoms with Crippen LogP contribution < -0.4 is 11.1 Å². The summed E-state index contributed by atoms with van der Waals surface area (Å²) >= 11 is 1.15. The predicted molar refractivity (Wildman–Crippen MR) is 65.9 cm³/mol. The van der Waals surface area contributed by atoms with E-state index in [1.165, 1.54) is 0 Å². The highest BCUT2D eigenvalue weighted by Crippen LogP contribution is 2.28. The summed E-state index contributed by atoms with van der Waals surface area (Å²) in [5.74, 6) is -0.478. The van der Waals surface area contributed by atoms with Gasteiger partial charge in [0.25, 0.3) is 5.91 Å². The van der Waals surface area contributed by atoms with Crippen molar-refractivity contribution in [1.29, 1.82) is 0 Å². The number of nitrogens with zero attached hydrogens (tertiary/aromatic N) is 1. The Morgan fingerprint density at radius 3 is 2.53 bits per heavy atom. The van der Waals surface area contributed by atoms with Crippen LogP contribution in [0, 0.1) is 0 Å². The number of nitrogens with one attached hydrogen (secondary N) is 1. The first-order valence-corrected chi connectivity index (χ1v) is 5.93. The standard InChI is InChI=1S/C11H8F3N3OS/c12-11(13,14)8-2-1-6(5-16-8)17-10(18)9-7(15)3-4-19-9/h1-5H,15H2,(H,17,18). The molecule has 2 aromatic rings. The average Bonchev–Trinajstić information content (AvgIpc) is 2.75. The topological polar surface area (TPSA) is 68.0 Å². The molecule has 0 fully saturated rings. The summed E-state index contributed by atoms with van der Waals surface area (Å²) in [4.78, 5) is 15.3. The van der Waals surface area contributed by atoms with Gasteiger partial charge in [-0.2, -0.15) is 13.2 Å². The number of thiophene rings is 1. The van der Waals surface area contributed by atoms with Gasteiger partial charge in [0.15, 0.2) is 0 Å². The van der Waals surface area contributed by atoms with Gasteiger partial charge in [0, 0.05) is 0 Å². The van der Waals surface area contributed by atoms with Crippen LogP contribution in [0.5, 0.6) is 0 Å². The Hall–Kier alpha value is -2.09. The molecule has 0 aliphatic heterocycles. The number of alkyl halides is 3. The molecule has 0 atom stereocenters. The van der Waals surface area contributed by atoms with Crippen molar-refractivity contribution in [2.75, 3.05) is 11.1 Å². The number of halogens is 3. The summed E-state index contributed by atoms with van der Waals surface area (Å²) in [6.45, 7) is 0. The van der Waals surface area contributed by atoms with Crippen LogP contribution in [-0.4, -0.2) is 10.9 Å². The van der Waals surface area contributed by atoms with Gasteiger partial charge >= 0.3 is 6.18 Å². The van der Waals surface area contributed by atoms with Crippen molar-refractivity contribution in [2.45, 2.75) is 6.18 Å². The molecular weight excluding hydrogens is 279 g/mol. The molecule has 8 heteroatoms. The van der Waals surface area contributed by atoms with Crippen LogP contribution in [0.3, 0.4) is 0 Å². The molecule has 1 amide bonds. The third kappa shape index (κ3) is 3.02. The Labute approximate surface area is 110 Å². The van der Waals surface area contributed by atoms with Crippen LogP contribution >= 0.6 is 11.3 Å². The second kappa shape index (κ2) is 4.88. The summed E-state index contributed by atoms with van der Waals surface area (Å²) in [5.41, 5.74) is 5.04. The van der Waals surface area contributed by atoms with Gasteiger partial charge in [-0.3, -0.25) is 4.79 Å². The number of hydrogen-bond donors (Lipinski definition) is 2. The maximum Gasteiger partial charge on any atom is 0.433 e. The predicted octanol–water partition coefficient (Wildman–Crippen LogP) is 3.00. The first-order valence-electron chi connectivity index (χ1n) is 5.05. The van der Waals surface area contributed by atoms with Crippen molar-refractivity contribution in [3.8, 4) is 0 Å². The smallest absolute Gasteiger partial charge is 0.397 e. The molecule has 0 saturated heterocycles. The minimum absolute atomic E-state index is 0.172. The molecular formula is C11H8F3N3OS. The highest BCUT2D eigenvalue weighted by molar-refractivity contribution is 7.12. The van der Waals surface area contributed by atoms with Gasteiger partial charge in [-0.05, 0) is 23.6 Å². The zero-order valence-corrected chi connectivity index (χ0v) is 10.2.